The van der Waals surface area contributed by atoms with Crippen LogP contribution in [0.4, 0.5) is 0 Å². The molecule has 0 saturated heterocycles. The summed E-state index contributed by atoms with van der Waals surface area (Å²) in [5, 5.41) is 9.12. The third-order valence-electron chi connectivity index (χ3n) is 3.28. The van der Waals surface area contributed by atoms with Gasteiger partial charge >= 0.3 is 0 Å². The number of benzene rings is 1. The van der Waals surface area contributed by atoms with Gasteiger partial charge in [0.2, 0.25) is 10.0 Å². The number of sulfonamides is 1. The molecule has 0 spiro atoms. The van der Waals surface area contributed by atoms with Crippen LogP contribution in [0.1, 0.15) is 33.8 Å². The molecule has 2 aromatic rings. The molecule has 0 aliphatic heterocycles. The van der Waals surface area contributed by atoms with Crippen molar-refractivity contribution in [3.8, 4) is 0 Å². The fourth-order valence-corrected chi connectivity index (χ4v) is 4.82. The lowest BCUT2D eigenvalue weighted by molar-refractivity contribution is 0.285. The summed E-state index contributed by atoms with van der Waals surface area (Å²) in [5.41, 5.74) is 2.05. The first-order valence-corrected chi connectivity index (χ1v) is 8.92. The van der Waals surface area contributed by atoms with Gasteiger partial charge in [0.05, 0.1) is 11.5 Å². The number of hydrogen-bond acceptors (Lipinski definition) is 4. The fraction of sp³-hybridized carbons (Fsp3) is 0.333. The van der Waals surface area contributed by atoms with Crippen molar-refractivity contribution in [2.45, 2.75) is 38.3 Å². The van der Waals surface area contributed by atoms with Crippen LogP contribution in [0.25, 0.3) is 0 Å². The molecule has 1 heterocycles. The van der Waals surface area contributed by atoms with Crippen molar-refractivity contribution in [3.63, 3.8) is 0 Å². The minimum atomic E-state index is -3.59. The third kappa shape index (κ3) is 3.71. The lowest BCUT2D eigenvalue weighted by atomic mass is 10.1. The van der Waals surface area contributed by atoms with Crippen molar-refractivity contribution in [2.75, 3.05) is 0 Å². The fourth-order valence-electron chi connectivity index (χ4n) is 2.09. The van der Waals surface area contributed by atoms with E-state index in [9.17, 15) is 8.42 Å². The number of rotatable bonds is 5. The van der Waals surface area contributed by atoms with Gasteiger partial charge in [-0.3, -0.25) is 0 Å². The quantitative estimate of drug-likeness (QED) is 0.888. The van der Waals surface area contributed by atoms with Gasteiger partial charge in [0.25, 0.3) is 0 Å². The van der Waals surface area contributed by atoms with E-state index in [0.29, 0.717) is 9.75 Å². The minimum absolute atomic E-state index is 0.144. The molecular weight excluding hydrogens is 306 g/mol. The van der Waals surface area contributed by atoms with Crippen LogP contribution in [-0.2, 0) is 16.6 Å². The van der Waals surface area contributed by atoms with E-state index in [0.717, 1.165) is 11.1 Å². The molecule has 114 valence electrons. The van der Waals surface area contributed by atoms with Crippen LogP contribution in [0.2, 0.25) is 0 Å². The highest BCUT2D eigenvalue weighted by molar-refractivity contribution is 7.89. The molecule has 0 aliphatic carbocycles. The third-order valence-corrected chi connectivity index (χ3v) is 6.11. The summed E-state index contributed by atoms with van der Waals surface area (Å²) in [6.45, 7) is 5.41. The molecule has 0 amide bonds. The number of aryl methyl sites for hydroxylation is 2. The van der Waals surface area contributed by atoms with Crippen LogP contribution in [0, 0.1) is 13.8 Å². The average Bonchev–Trinajstić information content (AvgIpc) is 2.81. The topological polar surface area (TPSA) is 66.4 Å². The lowest BCUT2D eigenvalue weighted by Gasteiger charge is -2.14. The standard InChI is InChI=1S/C15H19NO3S2/c1-10-4-6-13(7-5-10)11(2)16-21(18,19)15-8-14(9-17)20-12(15)3/h4-8,11,16-17H,9H2,1-3H3. The van der Waals surface area contributed by atoms with Crippen LogP contribution in [0.3, 0.4) is 0 Å². The normalized spacial score (nSPS) is 13.3. The molecular formula is C15H19NO3S2. The molecule has 2 N–H and O–H groups in total. The number of hydrogen-bond donors (Lipinski definition) is 2. The maximum atomic E-state index is 12.4. The summed E-state index contributed by atoms with van der Waals surface area (Å²) in [6.07, 6.45) is 0. The van der Waals surface area contributed by atoms with Gasteiger partial charge in [0.15, 0.2) is 0 Å². The predicted molar refractivity (Wildman–Crippen MR) is 84.9 cm³/mol. The van der Waals surface area contributed by atoms with Gasteiger partial charge in [-0.1, -0.05) is 29.8 Å². The van der Waals surface area contributed by atoms with Crippen molar-refractivity contribution in [1.82, 2.24) is 4.72 Å². The van der Waals surface area contributed by atoms with E-state index in [1.807, 2.05) is 38.1 Å². The highest BCUT2D eigenvalue weighted by Gasteiger charge is 2.22. The van der Waals surface area contributed by atoms with E-state index < -0.39 is 10.0 Å². The zero-order chi connectivity index (χ0) is 15.6. The van der Waals surface area contributed by atoms with Crippen LogP contribution in [0.15, 0.2) is 35.2 Å². The van der Waals surface area contributed by atoms with Gasteiger partial charge in [-0.15, -0.1) is 11.3 Å². The Hall–Kier alpha value is -1.21. The molecule has 1 unspecified atom stereocenters. The summed E-state index contributed by atoms with van der Waals surface area (Å²) >= 11 is 1.30. The Morgan fingerprint density at radius 1 is 1.24 bits per heavy atom. The van der Waals surface area contributed by atoms with Crippen molar-refractivity contribution < 1.29 is 13.5 Å². The number of aliphatic hydroxyl groups excluding tert-OH is 1. The highest BCUT2D eigenvalue weighted by Crippen LogP contribution is 2.27. The summed E-state index contributed by atoms with van der Waals surface area (Å²) in [4.78, 5) is 1.58. The Balaban J connectivity index is 2.24. The van der Waals surface area contributed by atoms with Crippen molar-refractivity contribution in [3.05, 3.63) is 51.2 Å². The van der Waals surface area contributed by atoms with Gasteiger partial charge in [0.1, 0.15) is 0 Å². The van der Waals surface area contributed by atoms with Crippen molar-refractivity contribution in [1.29, 1.82) is 0 Å². The second-order valence-electron chi connectivity index (χ2n) is 5.04. The Labute approximate surface area is 129 Å². The Kier molecular flexibility index (Phi) is 4.83. The predicted octanol–water partition coefficient (Wildman–Crippen LogP) is 2.90. The highest BCUT2D eigenvalue weighted by atomic mass is 32.2. The first-order chi connectivity index (χ1) is 9.83. The van der Waals surface area contributed by atoms with Crippen LogP contribution in [0.5, 0.6) is 0 Å². The molecule has 0 saturated carbocycles. The van der Waals surface area contributed by atoms with Gasteiger partial charge in [-0.25, -0.2) is 13.1 Å². The molecule has 0 bridgehead atoms. The first kappa shape index (κ1) is 16.2. The van der Waals surface area contributed by atoms with Crippen LogP contribution in [-0.4, -0.2) is 13.5 Å². The van der Waals surface area contributed by atoms with Gasteiger partial charge in [0, 0.05) is 15.8 Å². The van der Waals surface area contributed by atoms with E-state index >= 15 is 0 Å². The van der Waals surface area contributed by atoms with E-state index in [4.69, 9.17) is 5.11 Å². The van der Waals surface area contributed by atoms with Crippen LogP contribution < -0.4 is 4.72 Å². The van der Waals surface area contributed by atoms with E-state index in [1.54, 1.807) is 6.92 Å². The Bertz CT molecular complexity index is 718. The zero-order valence-electron chi connectivity index (χ0n) is 12.3. The maximum absolute atomic E-state index is 12.4. The molecule has 1 aromatic heterocycles. The van der Waals surface area contributed by atoms with Gasteiger partial charge in [-0.05, 0) is 32.4 Å². The Morgan fingerprint density at radius 2 is 1.86 bits per heavy atom. The lowest BCUT2D eigenvalue weighted by Crippen LogP contribution is -2.27. The molecule has 4 nitrogen and oxygen atoms in total. The average molecular weight is 325 g/mol. The number of aliphatic hydroxyl groups is 1. The first-order valence-electron chi connectivity index (χ1n) is 6.62. The summed E-state index contributed by atoms with van der Waals surface area (Å²) in [5.74, 6) is 0. The smallest absolute Gasteiger partial charge is 0.242 e. The molecule has 2 rings (SSSR count). The molecule has 0 aliphatic rings. The van der Waals surface area contributed by atoms with Crippen LogP contribution >= 0.6 is 11.3 Å². The monoisotopic (exact) mass is 325 g/mol. The molecule has 1 atom stereocenters. The van der Waals surface area contributed by atoms with Gasteiger partial charge < -0.3 is 5.11 Å². The molecule has 21 heavy (non-hydrogen) atoms. The summed E-state index contributed by atoms with van der Waals surface area (Å²) in [6, 6.07) is 8.97. The molecule has 1 aromatic carbocycles. The summed E-state index contributed by atoms with van der Waals surface area (Å²) in [7, 11) is -3.59. The summed E-state index contributed by atoms with van der Waals surface area (Å²) < 4.78 is 27.6. The SMILES string of the molecule is Cc1ccc(C(C)NS(=O)(=O)c2cc(CO)sc2C)cc1. The van der Waals surface area contributed by atoms with Gasteiger partial charge in [-0.2, -0.15) is 0 Å². The van der Waals surface area contributed by atoms with Crippen molar-refractivity contribution >= 4 is 21.4 Å². The van der Waals surface area contributed by atoms with E-state index in [-0.39, 0.29) is 17.5 Å². The number of thiophene rings is 1. The van der Waals surface area contributed by atoms with E-state index in [1.165, 1.54) is 17.4 Å². The molecule has 6 heteroatoms. The minimum Gasteiger partial charge on any atom is -0.391 e. The largest absolute Gasteiger partial charge is 0.391 e. The second-order valence-corrected chi connectivity index (χ2v) is 8.07. The Morgan fingerprint density at radius 3 is 2.38 bits per heavy atom. The van der Waals surface area contributed by atoms with E-state index in [2.05, 4.69) is 4.72 Å². The molecule has 0 radical (unpaired) electrons. The second kappa shape index (κ2) is 6.27. The van der Waals surface area contributed by atoms with Crippen molar-refractivity contribution in [2.24, 2.45) is 0 Å². The number of nitrogens with one attached hydrogen (secondary N) is 1. The maximum Gasteiger partial charge on any atom is 0.242 e. The zero-order valence-corrected chi connectivity index (χ0v) is 13.9. The molecule has 0 fully saturated rings.